The molecule has 0 radical (unpaired) electrons. The van der Waals surface area contributed by atoms with E-state index in [1.54, 1.807) is 6.20 Å². The van der Waals surface area contributed by atoms with Gasteiger partial charge in [0.25, 0.3) is 0 Å². The quantitative estimate of drug-likeness (QED) is 0.752. The molecular weight excluding hydrogens is 164 g/mol. The summed E-state index contributed by atoms with van der Waals surface area (Å²) in [6.07, 6.45) is 2.16. The maximum atomic E-state index is 11.2. The molecule has 0 spiro atoms. The molecule has 0 aliphatic heterocycles. The van der Waals surface area contributed by atoms with E-state index >= 15 is 0 Å². The van der Waals surface area contributed by atoms with Gasteiger partial charge in [0.1, 0.15) is 0 Å². The predicted molar refractivity (Wildman–Crippen MR) is 51.4 cm³/mol. The van der Waals surface area contributed by atoms with Gasteiger partial charge in [0.2, 0.25) is 5.91 Å². The standard InChI is InChI=1S/C10H14N2O/c1-3-11-10(13)6-9-5-4-8(2)12-7-9/h4-5,7H,3,6H2,1-2H3,(H,11,13). The smallest absolute Gasteiger partial charge is 0.224 e. The zero-order chi connectivity index (χ0) is 9.68. The molecule has 0 atom stereocenters. The van der Waals surface area contributed by atoms with Crippen LogP contribution in [0, 0.1) is 6.92 Å². The number of rotatable bonds is 3. The van der Waals surface area contributed by atoms with Crippen LogP contribution in [0.5, 0.6) is 0 Å². The molecule has 1 heterocycles. The van der Waals surface area contributed by atoms with E-state index < -0.39 is 0 Å². The summed E-state index contributed by atoms with van der Waals surface area (Å²) in [5, 5.41) is 2.74. The molecule has 0 aromatic carbocycles. The number of pyridine rings is 1. The van der Waals surface area contributed by atoms with Gasteiger partial charge in [0.15, 0.2) is 0 Å². The third kappa shape index (κ3) is 3.23. The zero-order valence-corrected chi connectivity index (χ0v) is 8.00. The first-order chi connectivity index (χ1) is 6.22. The van der Waals surface area contributed by atoms with Crippen LogP contribution in [-0.4, -0.2) is 17.4 Å². The Kier molecular flexibility index (Phi) is 3.43. The van der Waals surface area contributed by atoms with Gasteiger partial charge in [-0.3, -0.25) is 9.78 Å². The third-order valence-electron chi connectivity index (χ3n) is 1.71. The molecule has 13 heavy (non-hydrogen) atoms. The fraction of sp³-hybridized carbons (Fsp3) is 0.400. The van der Waals surface area contributed by atoms with Crippen molar-refractivity contribution in [3.05, 3.63) is 29.6 Å². The average molecular weight is 178 g/mol. The number of aryl methyl sites for hydroxylation is 1. The van der Waals surface area contributed by atoms with Crippen LogP contribution in [0.1, 0.15) is 18.2 Å². The summed E-state index contributed by atoms with van der Waals surface area (Å²) in [7, 11) is 0. The van der Waals surface area contributed by atoms with Gasteiger partial charge in [-0.2, -0.15) is 0 Å². The zero-order valence-electron chi connectivity index (χ0n) is 8.00. The maximum absolute atomic E-state index is 11.2. The highest BCUT2D eigenvalue weighted by Crippen LogP contribution is 1.99. The lowest BCUT2D eigenvalue weighted by Gasteiger charge is -2.01. The van der Waals surface area contributed by atoms with Gasteiger partial charge < -0.3 is 5.32 Å². The lowest BCUT2D eigenvalue weighted by molar-refractivity contribution is -0.120. The van der Waals surface area contributed by atoms with Gasteiger partial charge in [-0.1, -0.05) is 6.07 Å². The second-order valence-corrected chi connectivity index (χ2v) is 2.94. The molecular formula is C10H14N2O. The first-order valence-electron chi connectivity index (χ1n) is 4.40. The number of carbonyl (C=O) groups is 1. The van der Waals surface area contributed by atoms with Gasteiger partial charge in [-0.25, -0.2) is 0 Å². The van der Waals surface area contributed by atoms with E-state index in [0.29, 0.717) is 13.0 Å². The van der Waals surface area contributed by atoms with E-state index in [9.17, 15) is 4.79 Å². The van der Waals surface area contributed by atoms with Crippen molar-refractivity contribution in [3.63, 3.8) is 0 Å². The van der Waals surface area contributed by atoms with Crippen LogP contribution in [0.25, 0.3) is 0 Å². The number of aromatic nitrogens is 1. The molecule has 0 saturated heterocycles. The van der Waals surface area contributed by atoms with Crippen LogP contribution in [0.2, 0.25) is 0 Å². The Morgan fingerprint density at radius 1 is 1.54 bits per heavy atom. The number of nitrogens with zero attached hydrogens (tertiary/aromatic N) is 1. The van der Waals surface area contributed by atoms with Gasteiger partial charge in [-0.05, 0) is 25.5 Å². The van der Waals surface area contributed by atoms with Crippen LogP contribution in [0.3, 0.4) is 0 Å². The van der Waals surface area contributed by atoms with Gasteiger partial charge in [-0.15, -0.1) is 0 Å². The molecule has 0 aliphatic rings. The van der Waals surface area contributed by atoms with Crippen molar-refractivity contribution in [1.29, 1.82) is 0 Å². The molecule has 0 fully saturated rings. The number of amides is 1. The van der Waals surface area contributed by atoms with Crippen LogP contribution in [0.4, 0.5) is 0 Å². The lowest BCUT2D eigenvalue weighted by Crippen LogP contribution is -2.24. The molecule has 1 amide bonds. The molecule has 0 bridgehead atoms. The largest absolute Gasteiger partial charge is 0.356 e. The Morgan fingerprint density at radius 3 is 2.85 bits per heavy atom. The Bertz CT molecular complexity index is 279. The SMILES string of the molecule is CCNC(=O)Cc1ccc(C)nc1. The minimum atomic E-state index is 0.0492. The highest BCUT2D eigenvalue weighted by atomic mass is 16.1. The second-order valence-electron chi connectivity index (χ2n) is 2.94. The van der Waals surface area contributed by atoms with Crippen LogP contribution >= 0.6 is 0 Å². The number of carbonyl (C=O) groups excluding carboxylic acids is 1. The molecule has 1 aromatic heterocycles. The van der Waals surface area contributed by atoms with Crippen molar-refractivity contribution >= 4 is 5.91 Å². The predicted octanol–water partition coefficient (Wildman–Crippen LogP) is 1.07. The molecule has 70 valence electrons. The molecule has 3 heteroatoms. The van der Waals surface area contributed by atoms with E-state index in [2.05, 4.69) is 10.3 Å². The van der Waals surface area contributed by atoms with Gasteiger partial charge >= 0.3 is 0 Å². The molecule has 1 rings (SSSR count). The van der Waals surface area contributed by atoms with Crippen LogP contribution < -0.4 is 5.32 Å². The van der Waals surface area contributed by atoms with Gasteiger partial charge in [0.05, 0.1) is 6.42 Å². The van der Waals surface area contributed by atoms with Crippen molar-refractivity contribution < 1.29 is 4.79 Å². The normalized spacial score (nSPS) is 9.69. The van der Waals surface area contributed by atoms with Crippen molar-refractivity contribution in [3.8, 4) is 0 Å². The van der Waals surface area contributed by atoms with E-state index in [1.807, 2.05) is 26.0 Å². The monoisotopic (exact) mass is 178 g/mol. The van der Waals surface area contributed by atoms with Crippen LogP contribution in [0.15, 0.2) is 18.3 Å². The van der Waals surface area contributed by atoms with E-state index in [0.717, 1.165) is 11.3 Å². The fourth-order valence-electron chi connectivity index (χ4n) is 1.05. The Labute approximate surface area is 78.2 Å². The molecule has 1 aromatic rings. The van der Waals surface area contributed by atoms with Crippen molar-refractivity contribution in [2.45, 2.75) is 20.3 Å². The number of likely N-dealkylation sites (N-methyl/N-ethyl adjacent to an activating group) is 1. The van der Waals surface area contributed by atoms with Crippen molar-refractivity contribution in [2.75, 3.05) is 6.54 Å². The summed E-state index contributed by atoms with van der Waals surface area (Å²) in [5.41, 5.74) is 1.93. The molecule has 0 saturated carbocycles. The summed E-state index contributed by atoms with van der Waals surface area (Å²) in [6.45, 7) is 4.51. The molecule has 3 nitrogen and oxygen atoms in total. The second kappa shape index (κ2) is 4.60. The summed E-state index contributed by atoms with van der Waals surface area (Å²) >= 11 is 0. The van der Waals surface area contributed by atoms with Crippen LogP contribution in [-0.2, 0) is 11.2 Å². The van der Waals surface area contributed by atoms with E-state index in [1.165, 1.54) is 0 Å². The Hall–Kier alpha value is -1.38. The number of hydrogen-bond donors (Lipinski definition) is 1. The first-order valence-corrected chi connectivity index (χ1v) is 4.40. The molecule has 0 aliphatic carbocycles. The highest BCUT2D eigenvalue weighted by molar-refractivity contribution is 5.78. The third-order valence-corrected chi connectivity index (χ3v) is 1.71. The Balaban J connectivity index is 2.54. The summed E-state index contributed by atoms with van der Waals surface area (Å²) in [5.74, 6) is 0.0492. The van der Waals surface area contributed by atoms with Gasteiger partial charge in [0, 0.05) is 18.4 Å². The van der Waals surface area contributed by atoms with Crippen molar-refractivity contribution in [2.24, 2.45) is 0 Å². The summed E-state index contributed by atoms with van der Waals surface area (Å²) in [4.78, 5) is 15.3. The highest BCUT2D eigenvalue weighted by Gasteiger charge is 2.00. The maximum Gasteiger partial charge on any atom is 0.224 e. The lowest BCUT2D eigenvalue weighted by atomic mass is 10.2. The van der Waals surface area contributed by atoms with E-state index in [-0.39, 0.29) is 5.91 Å². The molecule has 1 N–H and O–H groups in total. The Morgan fingerprint density at radius 2 is 2.31 bits per heavy atom. The number of hydrogen-bond acceptors (Lipinski definition) is 2. The van der Waals surface area contributed by atoms with Crippen molar-refractivity contribution in [1.82, 2.24) is 10.3 Å². The molecule has 0 unspecified atom stereocenters. The average Bonchev–Trinajstić information content (AvgIpc) is 2.09. The fourth-order valence-corrected chi connectivity index (χ4v) is 1.05. The summed E-state index contributed by atoms with van der Waals surface area (Å²) in [6, 6.07) is 3.84. The topological polar surface area (TPSA) is 42.0 Å². The first kappa shape index (κ1) is 9.71. The van der Waals surface area contributed by atoms with E-state index in [4.69, 9.17) is 0 Å². The minimum absolute atomic E-state index is 0.0492. The summed E-state index contributed by atoms with van der Waals surface area (Å²) < 4.78 is 0. The number of nitrogens with one attached hydrogen (secondary N) is 1. The minimum Gasteiger partial charge on any atom is -0.356 e.